The second-order valence-electron chi connectivity index (χ2n) is 6.10. The van der Waals surface area contributed by atoms with Crippen LogP contribution in [-0.2, 0) is 6.54 Å². The van der Waals surface area contributed by atoms with Crippen LogP contribution in [0.1, 0.15) is 18.4 Å². The molecule has 1 unspecified atom stereocenters. The zero-order chi connectivity index (χ0) is 16.9. The average Bonchev–Trinajstić information content (AvgIpc) is 2.62. The second-order valence-corrected chi connectivity index (χ2v) is 6.10. The molecule has 0 bridgehead atoms. The number of hydrogen-bond acceptors (Lipinski definition) is 6. The molecular weight excluding hydrogens is 306 g/mol. The van der Waals surface area contributed by atoms with Gasteiger partial charge < -0.3 is 4.90 Å². The van der Waals surface area contributed by atoms with Crippen molar-refractivity contribution in [3.8, 4) is 0 Å². The molecule has 7 nitrogen and oxygen atoms in total. The summed E-state index contributed by atoms with van der Waals surface area (Å²) in [4.78, 5) is 23.6. The molecular formula is C17H21N5O2. The molecule has 3 rings (SSSR count). The zero-order valence-electron chi connectivity index (χ0n) is 13.7. The summed E-state index contributed by atoms with van der Waals surface area (Å²) in [5.41, 5.74) is 0.969. The quantitative estimate of drug-likeness (QED) is 0.620. The molecule has 1 aromatic carbocycles. The van der Waals surface area contributed by atoms with Crippen LogP contribution in [0.3, 0.4) is 0 Å². The Labute approximate surface area is 141 Å². The highest BCUT2D eigenvalue weighted by Gasteiger charge is 2.25. The van der Waals surface area contributed by atoms with Crippen molar-refractivity contribution in [2.75, 3.05) is 25.0 Å². The van der Waals surface area contributed by atoms with Crippen molar-refractivity contribution in [1.82, 2.24) is 14.9 Å². The molecule has 7 heteroatoms. The van der Waals surface area contributed by atoms with Crippen molar-refractivity contribution in [3.05, 3.63) is 58.5 Å². The molecule has 1 aliphatic heterocycles. The van der Waals surface area contributed by atoms with E-state index in [-0.39, 0.29) is 10.6 Å². The number of benzene rings is 1. The number of rotatable bonds is 5. The number of nitro benzene ring substituents is 1. The first-order valence-electron chi connectivity index (χ1n) is 8.08. The number of nitrogens with zero attached hydrogens (tertiary/aromatic N) is 5. The summed E-state index contributed by atoms with van der Waals surface area (Å²) in [6.07, 6.45) is 5.46. The molecule has 2 heterocycles. The highest BCUT2D eigenvalue weighted by atomic mass is 16.6. The molecule has 1 fully saturated rings. The van der Waals surface area contributed by atoms with Gasteiger partial charge >= 0.3 is 0 Å². The normalized spacial score (nSPS) is 18.3. The Morgan fingerprint density at radius 1 is 1.38 bits per heavy atom. The number of hydrogen-bond donors (Lipinski definition) is 0. The number of para-hydroxylation sites is 1. The van der Waals surface area contributed by atoms with Crippen LogP contribution in [0, 0.1) is 10.1 Å². The van der Waals surface area contributed by atoms with Gasteiger partial charge in [0.1, 0.15) is 12.1 Å². The van der Waals surface area contributed by atoms with Gasteiger partial charge in [-0.05, 0) is 25.5 Å². The van der Waals surface area contributed by atoms with Gasteiger partial charge in [0.2, 0.25) is 0 Å². The van der Waals surface area contributed by atoms with Gasteiger partial charge in [-0.15, -0.1) is 0 Å². The number of likely N-dealkylation sites (tertiary alicyclic amines) is 1. The Kier molecular flexibility index (Phi) is 5.00. The molecule has 24 heavy (non-hydrogen) atoms. The third-order valence-electron chi connectivity index (χ3n) is 4.54. The van der Waals surface area contributed by atoms with E-state index in [0.717, 1.165) is 37.3 Å². The van der Waals surface area contributed by atoms with Gasteiger partial charge in [0.25, 0.3) is 5.69 Å². The number of nitro groups is 1. The van der Waals surface area contributed by atoms with Gasteiger partial charge in [-0.2, -0.15) is 0 Å². The van der Waals surface area contributed by atoms with E-state index in [4.69, 9.17) is 0 Å². The van der Waals surface area contributed by atoms with Crippen LogP contribution in [0.2, 0.25) is 0 Å². The van der Waals surface area contributed by atoms with Crippen molar-refractivity contribution < 1.29 is 4.92 Å². The third kappa shape index (κ3) is 3.68. The highest BCUT2D eigenvalue weighted by Crippen LogP contribution is 2.24. The molecule has 1 aliphatic rings. The minimum Gasteiger partial charge on any atom is -0.355 e. The number of aromatic nitrogens is 2. The van der Waals surface area contributed by atoms with Crippen LogP contribution in [0.25, 0.3) is 0 Å². The summed E-state index contributed by atoms with van der Waals surface area (Å²) in [5.74, 6) is 0.905. The van der Waals surface area contributed by atoms with E-state index in [9.17, 15) is 10.1 Å². The first-order valence-corrected chi connectivity index (χ1v) is 8.08. The zero-order valence-corrected chi connectivity index (χ0v) is 13.7. The molecule has 0 radical (unpaired) electrons. The Hall–Kier alpha value is -2.54. The van der Waals surface area contributed by atoms with Crippen LogP contribution in [0.15, 0.2) is 42.9 Å². The van der Waals surface area contributed by atoms with E-state index in [1.54, 1.807) is 24.7 Å². The van der Waals surface area contributed by atoms with Gasteiger partial charge in [-0.25, -0.2) is 9.97 Å². The Morgan fingerprint density at radius 3 is 2.96 bits per heavy atom. The first kappa shape index (κ1) is 16.3. The topological polar surface area (TPSA) is 75.4 Å². The number of anilines is 1. The molecule has 0 spiro atoms. The fourth-order valence-electron chi connectivity index (χ4n) is 3.23. The molecule has 126 valence electrons. The summed E-state index contributed by atoms with van der Waals surface area (Å²) in [6.45, 7) is 2.43. The number of likely N-dealkylation sites (N-methyl/N-ethyl adjacent to an activating group) is 1. The van der Waals surface area contributed by atoms with Crippen LogP contribution >= 0.6 is 0 Å². The van der Waals surface area contributed by atoms with Crippen LogP contribution in [-0.4, -0.2) is 46.0 Å². The summed E-state index contributed by atoms with van der Waals surface area (Å²) in [6, 6.07) is 9.23. The molecule has 0 saturated carbocycles. The van der Waals surface area contributed by atoms with E-state index in [1.807, 2.05) is 25.2 Å². The second kappa shape index (κ2) is 7.35. The van der Waals surface area contributed by atoms with E-state index in [0.29, 0.717) is 12.6 Å². The molecule has 1 aromatic heterocycles. The summed E-state index contributed by atoms with van der Waals surface area (Å²) in [7, 11) is 2.04. The molecule has 0 aliphatic carbocycles. The predicted molar refractivity (Wildman–Crippen MR) is 91.8 cm³/mol. The van der Waals surface area contributed by atoms with Gasteiger partial charge in [0.15, 0.2) is 0 Å². The van der Waals surface area contributed by atoms with Crippen molar-refractivity contribution in [1.29, 1.82) is 0 Å². The van der Waals surface area contributed by atoms with Crippen LogP contribution in [0.5, 0.6) is 0 Å². The van der Waals surface area contributed by atoms with Crippen molar-refractivity contribution in [2.45, 2.75) is 25.4 Å². The minimum atomic E-state index is -0.302. The average molecular weight is 327 g/mol. The Bertz CT molecular complexity index is 694. The fraction of sp³-hybridized carbons (Fsp3) is 0.412. The van der Waals surface area contributed by atoms with E-state index < -0.39 is 0 Å². The standard InChI is InChI=1S/C17H21N5O2/c1-20(17-8-9-18-13-19-17)15-6-4-10-21(12-15)11-14-5-2-3-7-16(14)22(23)24/h2-3,5,7-9,13,15H,4,6,10-12H2,1H3. The molecule has 2 aromatic rings. The Balaban J connectivity index is 1.69. The number of piperidine rings is 1. The van der Waals surface area contributed by atoms with Crippen LogP contribution in [0.4, 0.5) is 11.5 Å². The maximum atomic E-state index is 11.2. The maximum Gasteiger partial charge on any atom is 0.273 e. The molecule has 1 saturated heterocycles. The van der Waals surface area contributed by atoms with Gasteiger partial charge in [0, 0.05) is 44.0 Å². The summed E-state index contributed by atoms with van der Waals surface area (Å²) >= 11 is 0. The lowest BCUT2D eigenvalue weighted by Crippen LogP contribution is -2.46. The van der Waals surface area contributed by atoms with E-state index in [1.165, 1.54) is 0 Å². The summed E-state index contributed by atoms with van der Waals surface area (Å²) < 4.78 is 0. The Morgan fingerprint density at radius 2 is 2.21 bits per heavy atom. The van der Waals surface area contributed by atoms with E-state index >= 15 is 0 Å². The molecule has 0 N–H and O–H groups in total. The van der Waals surface area contributed by atoms with E-state index in [2.05, 4.69) is 19.8 Å². The molecule has 0 amide bonds. The van der Waals surface area contributed by atoms with Gasteiger partial charge in [-0.1, -0.05) is 18.2 Å². The first-order chi connectivity index (χ1) is 11.6. The van der Waals surface area contributed by atoms with Gasteiger partial charge in [-0.3, -0.25) is 15.0 Å². The predicted octanol–water partition coefficient (Wildman–Crippen LogP) is 2.49. The molecule has 1 atom stereocenters. The summed E-state index contributed by atoms with van der Waals surface area (Å²) in [5, 5.41) is 11.2. The fourth-order valence-corrected chi connectivity index (χ4v) is 3.23. The lowest BCUT2D eigenvalue weighted by molar-refractivity contribution is -0.385. The largest absolute Gasteiger partial charge is 0.355 e. The van der Waals surface area contributed by atoms with Gasteiger partial charge in [0.05, 0.1) is 4.92 Å². The van der Waals surface area contributed by atoms with Crippen molar-refractivity contribution >= 4 is 11.5 Å². The SMILES string of the molecule is CN(c1ccncn1)C1CCCN(Cc2ccccc2[N+](=O)[O-])C1. The third-order valence-corrected chi connectivity index (χ3v) is 4.54. The highest BCUT2D eigenvalue weighted by molar-refractivity contribution is 5.40. The lowest BCUT2D eigenvalue weighted by Gasteiger charge is -2.38. The van der Waals surface area contributed by atoms with Crippen LogP contribution < -0.4 is 4.90 Å². The maximum absolute atomic E-state index is 11.2. The van der Waals surface area contributed by atoms with Crippen molar-refractivity contribution in [2.24, 2.45) is 0 Å². The smallest absolute Gasteiger partial charge is 0.273 e. The minimum absolute atomic E-state index is 0.198. The lowest BCUT2D eigenvalue weighted by atomic mass is 10.0. The monoisotopic (exact) mass is 327 g/mol. The van der Waals surface area contributed by atoms with Crippen molar-refractivity contribution in [3.63, 3.8) is 0 Å².